The van der Waals surface area contributed by atoms with Crippen LogP contribution in [0.5, 0.6) is 0 Å². The Morgan fingerprint density at radius 2 is 1.60 bits per heavy atom. The van der Waals surface area contributed by atoms with Gasteiger partial charge >= 0.3 is 23.6 Å². The second-order valence-electron chi connectivity index (χ2n) is 7.42. The predicted molar refractivity (Wildman–Crippen MR) is 131 cm³/mol. The summed E-state index contributed by atoms with van der Waals surface area (Å²) in [4.78, 5) is 47.9. The number of nitrogens with one attached hydrogen (secondary N) is 4. The molecule has 35 heavy (non-hydrogen) atoms. The van der Waals surface area contributed by atoms with Crippen molar-refractivity contribution in [3.63, 3.8) is 0 Å². The molecule has 1 heterocycles. The summed E-state index contributed by atoms with van der Waals surface area (Å²) in [7, 11) is 0. The molecule has 0 spiro atoms. The second kappa shape index (κ2) is 11.6. The average molecular weight is 496 g/mol. The summed E-state index contributed by atoms with van der Waals surface area (Å²) in [5, 5.41) is 11.6. The molecule has 0 aliphatic heterocycles. The molecular formula is C24H22ClN5O5. The van der Waals surface area contributed by atoms with E-state index in [1.807, 2.05) is 19.1 Å². The highest BCUT2D eigenvalue weighted by Gasteiger charge is 2.15. The van der Waals surface area contributed by atoms with Gasteiger partial charge in [0.1, 0.15) is 11.5 Å². The zero-order chi connectivity index (χ0) is 25.4. The molecule has 2 aromatic carbocycles. The molecule has 11 heteroatoms. The highest BCUT2D eigenvalue weighted by atomic mass is 35.5. The number of carbonyl (C=O) groups excluding carboxylic acids is 4. The maximum Gasteiger partial charge on any atom is 0.329 e. The van der Waals surface area contributed by atoms with Gasteiger partial charge in [0.25, 0.3) is 0 Å². The van der Waals surface area contributed by atoms with Crippen LogP contribution in [0.2, 0.25) is 5.02 Å². The van der Waals surface area contributed by atoms with Crippen molar-refractivity contribution in [3.8, 4) is 0 Å². The number of nitrogens with zero attached hydrogens (tertiary/aromatic N) is 1. The Morgan fingerprint density at radius 3 is 2.31 bits per heavy atom. The number of furan rings is 1. The molecule has 0 saturated heterocycles. The molecule has 0 saturated carbocycles. The van der Waals surface area contributed by atoms with Gasteiger partial charge in [-0.2, -0.15) is 5.10 Å². The maximum atomic E-state index is 12.0. The Kier molecular flexibility index (Phi) is 8.36. The molecule has 4 amide bonds. The summed E-state index contributed by atoms with van der Waals surface area (Å²) >= 11 is 5.87. The van der Waals surface area contributed by atoms with Crippen LogP contribution in [0.4, 0.5) is 11.4 Å². The lowest BCUT2D eigenvalue weighted by molar-refractivity contribution is -0.136. The van der Waals surface area contributed by atoms with E-state index in [0.29, 0.717) is 27.7 Å². The van der Waals surface area contributed by atoms with Crippen LogP contribution in [-0.4, -0.2) is 29.8 Å². The number of hydrogen-bond donors (Lipinski definition) is 4. The Balaban J connectivity index is 1.44. The monoisotopic (exact) mass is 495 g/mol. The third-order valence-electron chi connectivity index (χ3n) is 4.62. The predicted octanol–water partition coefficient (Wildman–Crippen LogP) is 2.89. The van der Waals surface area contributed by atoms with E-state index >= 15 is 0 Å². The van der Waals surface area contributed by atoms with Crippen molar-refractivity contribution in [3.05, 3.63) is 82.3 Å². The van der Waals surface area contributed by atoms with Crippen molar-refractivity contribution in [2.24, 2.45) is 5.10 Å². The Labute approximate surface area is 205 Å². The minimum Gasteiger partial charge on any atom is -0.458 e. The third kappa shape index (κ3) is 7.54. The van der Waals surface area contributed by atoms with Crippen LogP contribution in [0.25, 0.3) is 0 Å². The Morgan fingerprint density at radius 1 is 0.886 bits per heavy atom. The van der Waals surface area contributed by atoms with Crippen LogP contribution in [0.3, 0.4) is 0 Å². The minimum atomic E-state index is -0.978. The molecule has 1 aromatic heterocycles. The summed E-state index contributed by atoms with van der Waals surface area (Å²) < 4.78 is 5.45. The minimum absolute atomic E-state index is 0.0385. The first-order valence-electron chi connectivity index (χ1n) is 10.4. The highest BCUT2D eigenvalue weighted by Crippen LogP contribution is 2.19. The molecule has 180 valence electrons. The quantitative estimate of drug-likeness (QED) is 0.236. The zero-order valence-corrected chi connectivity index (χ0v) is 19.6. The average Bonchev–Trinajstić information content (AvgIpc) is 3.28. The number of hydrazone groups is 1. The van der Waals surface area contributed by atoms with E-state index in [-0.39, 0.29) is 12.3 Å². The van der Waals surface area contributed by atoms with Crippen molar-refractivity contribution >= 4 is 52.8 Å². The number of amides is 4. The van der Waals surface area contributed by atoms with Crippen molar-refractivity contribution in [1.29, 1.82) is 0 Å². The molecular weight excluding hydrogens is 474 g/mol. The second-order valence-corrected chi connectivity index (χ2v) is 7.86. The van der Waals surface area contributed by atoms with Crippen LogP contribution in [0.15, 0.2) is 64.1 Å². The van der Waals surface area contributed by atoms with Gasteiger partial charge in [0.2, 0.25) is 0 Å². The molecule has 3 aromatic rings. The van der Waals surface area contributed by atoms with Gasteiger partial charge in [-0.05, 0) is 61.9 Å². The lowest BCUT2D eigenvalue weighted by Gasteiger charge is -2.07. The largest absolute Gasteiger partial charge is 0.458 e. The van der Waals surface area contributed by atoms with Crippen LogP contribution in [0.1, 0.15) is 22.6 Å². The standard InChI is InChI=1S/C24H22ClN5O5/c1-14-3-6-17(7-4-14)28-22(32)21(31)26-12-18-8-9-19(35-18)13-27-30-24(34)23(33)29-20-10-5-16(25)11-15(20)2/h3-11,13H,12H2,1-2H3,(H,26,31)(H,28,32)(H,29,33)(H,30,34)/b27-13+. The molecule has 0 unspecified atom stereocenters. The highest BCUT2D eigenvalue weighted by molar-refractivity contribution is 6.40. The summed E-state index contributed by atoms with van der Waals surface area (Å²) in [6.45, 7) is 3.61. The van der Waals surface area contributed by atoms with Crippen molar-refractivity contribution in [2.45, 2.75) is 20.4 Å². The molecule has 4 N–H and O–H groups in total. The van der Waals surface area contributed by atoms with Gasteiger partial charge in [0.05, 0.1) is 12.8 Å². The number of anilines is 2. The fraction of sp³-hybridized carbons (Fsp3) is 0.125. The first-order valence-corrected chi connectivity index (χ1v) is 10.7. The normalized spacial score (nSPS) is 10.6. The third-order valence-corrected chi connectivity index (χ3v) is 4.86. The summed E-state index contributed by atoms with van der Waals surface area (Å²) in [6.07, 6.45) is 1.19. The molecule has 0 aliphatic rings. The number of hydrogen-bond acceptors (Lipinski definition) is 6. The summed E-state index contributed by atoms with van der Waals surface area (Å²) in [6, 6.07) is 15.0. The van der Waals surface area contributed by atoms with Crippen LogP contribution in [0, 0.1) is 13.8 Å². The first-order chi connectivity index (χ1) is 16.7. The SMILES string of the molecule is Cc1ccc(NC(=O)C(=O)NCc2ccc(/C=N/NC(=O)C(=O)Nc3ccc(Cl)cc3C)o2)cc1. The van der Waals surface area contributed by atoms with E-state index in [1.54, 1.807) is 49.4 Å². The topological polar surface area (TPSA) is 142 Å². The molecule has 0 aliphatic carbocycles. The molecule has 0 bridgehead atoms. The molecule has 0 atom stereocenters. The lowest BCUT2D eigenvalue weighted by Crippen LogP contribution is -2.34. The van der Waals surface area contributed by atoms with Gasteiger partial charge in [0, 0.05) is 16.4 Å². The van der Waals surface area contributed by atoms with Crippen molar-refractivity contribution < 1.29 is 23.6 Å². The Hall–Kier alpha value is -4.44. The molecule has 0 radical (unpaired) electrons. The fourth-order valence-electron chi connectivity index (χ4n) is 2.78. The smallest absolute Gasteiger partial charge is 0.329 e. The maximum absolute atomic E-state index is 12.0. The van der Waals surface area contributed by atoms with Gasteiger partial charge in [-0.3, -0.25) is 19.2 Å². The van der Waals surface area contributed by atoms with Gasteiger partial charge in [-0.15, -0.1) is 0 Å². The molecule has 0 fully saturated rings. The van der Waals surface area contributed by atoms with E-state index in [2.05, 4.69) is 26.5 Å². The van der Waals surface area contributed by atoms with Crippen LogP contribution in [-0.2, 0) is 25.7 Å². The fourth-order valence-corrected chi connectivity index (χ4v) is 3.01. The van der Waals surface area contributed by atoms with Crippen molar-refractivity contribution in [1.82, 2.24) is 10.7 Å². The summed E-state index contributed by atoms with van der Waals surface area (Å²) in [5.74, 6) is -2.91. The van der Waals surface area contributed by atoms with Gasteiger partial charge in [0.15, 0.2) is 0 Å². The van der Waals surface area contributed by atoms with E-state index in [4.69, 9.17) is 16.0 Å². The zero-order valence-electron chi connectivity index (χ0n) is 18.8. The summed E-state index contributed by atoms with van der Waals surface area (Å²) in [5.41, 5.74) is 4.77. The number of aryl methyl sites for hydroxylation is 2. The van der Waals surface area contributed by atoms with Crippen molar-refractivity contribution in [2.75, 3.05) is 10.6 Å². The molecule has 3 rings (SSSR count). The van der Waals surface area contributed by atoms with Crippen LogP contribution < -0.4 is 21.4 Å². The van der Waals surface area contributed by atoms with E-state index in [9.17, 15) is 19.2 Å². The van der Waals surface area contributed by atoms with Gasteiger partial charge in [-0.1, -0.05) is 29.3 Å². The number of rotatable bonds is 6. The van der Waals surface area contributed by atoms with E-state index < -0.39 is 23.6 Å². The van der Waals surface area contributed by atoms with E-state index in [0.717, 1.165) is 5.56 Å². The lowest BCUT2D eigenvalue weighted by atomic mass is 10.2. The first kappa shape index (κ1) is 25.2. The van der Waals surface area contributed by atoms with Gasteiger partial charge < -0.3 is 20.4 Å². The van der Waals surface area contributed by atoms with E-state index in [1.165, 1.54) is 6.21 Å². The molecule has 10 nitrogen and oxygen atoms in total. The number of halogens is 1. The number of carbonyl (C=O) groups is 4. The van der Waals surface area contributed by atoms with Crippen LogP contribution >= 0.6 is 11.6 Å². The van der Waals surface area contributed by atoms with Gasteiger partial charge in [-0.25, -0.2) is 5.43 Å². The number of benzene rings is 2. The Bertz CT molecular complexity index is 1280.